The molecule has 0 unspecified atom stereocenters. The first-order valence-corrected chi connectivity index (χ1v) is 12.2. The summed E-state index contributed by atoms with van der Waals surface area (Å²) < 4.78 is 27.3. The average molecular weight is 450 g/mol. The molecule has 0 aliphatic carbocycles. The van der Waals surface area contributed by atoms with Crippen LogP contribution >= 0.6 is 0 Å². The van der Waals surface area contributed by atoms with Crippen LogP contribution in [0.5, 0.6) is 0 Å². The molecule has 8 nitrogen and oxygen atoms in total. The second-order valence-electron chi connectivity index (χ2n) is 9.10. The van der Waals surface area contributed by atoms with Crippen LogP contribution in [-0.4, -0.2) is 73.0 Å². The topological polar surface area (TPSA) is 95.1 Å². The van der Waals surface area contributed by atoms with Gasteiger partial charge >= 0.3 is 0 Å². The maximum atomic E-state index is 13.0. The molecule has 9 heteroatoms. The zero-order valence-electron chi connectivity index (χ0n) is 18.5. The van der Waals surface area contributed by atoms with Gasteiger partial charge in [0.15, 0.2) is 0 Å². The Bertz CT molecular complexity index is 926. The van der Waals surface area contributed by atoms with Crippen LogP contribution in [0.2, 0.25) is 0 Å². The molecule has 3 amide bonds. The van der Waals surface area contributed by atoms with Gasteiger partial charge < -0.3 is 4.90 Å². The maximum Gasteiger partial charge on any atom is 0.243 e. The number of benzene rings is 1. The molecule has 170 valence electrons. The number of imide groups is 1. The van der Waals surface area contributed by atoms with E-state index in [4.69, 9.17) is 0 Å². The number of amides is 3. The zero-order valence-corrected chi connectivity index (χ0v) is 19.3. The Morgan fingerprint density at radius 1 is 0.935 bits per heavy atom. The van der Waals surface area contributed by atoms with Gasteiger partial charge in [0.2, 0.25) is 27.7 Å². The largest absolute Gasteiger partial charge is 0.340 e. The second-order valence-corrected chi connectivity index (χ2v) is 11.0. The first-order chi connectivity index (χ1) is 14.5. The van der Waals surface area contributed by atoms with Gasteiger partial charge in [-0.3, -0.25) is 19.3 Å². The highest BCUT2D eigenvalue weighted by Gasteiger charge is 2.31. The van der Waals surface area contributed by atoms with E-state index in [1.165, 1.54) is 9.21 Å². The zero-order chi connectivity index (χ0) is 22.8. The van der Waals surface area contributed by atoms with E-state index >= 15 is 0 Å². The van der Waals surface area contributed by atoms with E-state index in [2.05, 4.69) is 20.8 Å². The Labute approximate surface area is 184 Å². The molecule has 0 saturated carbocycles. The van der Waals surface area contributed by atoms with E-state index < -0.39 is 10.0 Å². The smallest absolute Gasteiger partial charge is 0.243 e. The van der Waals surface area contributed by atoms with Crippen LogP contribution in [0.25, 0.3) is 0 Å². The maximum absolute atomic E-state index is 13.0. The molecule has 2 fully saturated rings. The molecule has 2 aliphatic rings. The number of nitrogens with zero attached hydrogens (tertiary/aromatic N) is 3. The Kier molecular flexibility index (Phi) is 6.85. The first kappa shape index (κ1) is 23.4. The summed E-state index contributed by atoms with van der Waals surface area (Å²) in [5.41, 5.74) is 1.02. The van der Waals surface area contributed by atoms with Gasteiger partial charge in [0.1, 0.15) is 0 Å². The van der Waals surface area contributed by atoms with Gasteiger partial charge in [-0.25, -0.2) is 8.42 Å². The van der Waals surface area contributed by atoms with Crippen molar-refractivity contribution in [1.29, 1.82) is 0 Å². The molecule has 3 rings (SSSR count). The summed E-state index contributed by atoms with van der Waals surface area (Å²) in [6.07, 6.45) is 1.16. The molecular formula is C22H31N3O5S. The number of carbonyl (C=O) groups is 3. The minimum atomic E-state index is -3.60. The number of likely N-dealkylation sites (tertiary alicyclic amines) is 1. The molecule has 0 N–H and O–H groups in total. The van der Waals surface area contributed by atoms with Crippen molar-refractivity contribution < 1.29 is 22.8 Å². The Morgan fingerprint density at radius 3 is 2.00 bits per heavy atom. The lowest BCUT2D eigenvalue weighted by Crippen LogP contribution is -2.50. The van der Waals surface area contributed by atoms with Crippen molar-refractivity contribution in [2.45, 2.75) is 56.8 Å². The molecule has 2 heterocycles. The fourth-order valence-electron chi connectivity index (χ4n) is 3.87. The van der Waals surface area contributed by atoms with Gasteiger partial charge in [-0.1, -0.05) is 32.9 Å². The number of hydrogen-bond acceptors (Lipinski definition) is 5. The van der Waals surface area contributed by atoms with Crippen molar-refractivity contribution in [2.75, 3.05) is 32.7 Å². The minimum absolute atomic E-state index is 0.0520. The van der Waals surface area contributed by atoms with E-state index in [9.17, 15) is 22.8 Å². The summed E-state index contributed by atoms with van der Waals surface area (Å²) >= 11 is 0. The van der Waals surface area contributed by atoms with Crippen LogP contribution in [-0.2, 0) is 29.8 Å². The number of carbonyl (C=O) groups excluding carboxylic acids is 3. The van der Waals surface area contributed by atoms with Crippen LogP contribution in [0.3, 0.4) is 0 Å². The van der Waals surface area contributed by atoms with Crippen molar-refractivity contribution in [3.8, 4) is 0 Å². The highest BCUT2D eigenvalue weighted by molar-refractivity contribution is 7.89. The van der Waals surface area contributed by atoms with E-state index in [-0.39, 0.29) is 66.9 Å². The second kappa shape index (κ2) is 9.08. The highest BCUT2D eigenvalue weighted by Crippen LogP contribution is 2.25. The van der Waals surface area contributed by atoms with Crippen LogP contribution in [0.1, 0.15) is 52.0 Å². The number of piperazine rings is 1. The summed E-state index contributed by atoms with van der Waals surface area (Å²) in [5, 5.41) is 0. The number of sulfonamides is 1. The normalized spacial score (nSPS) is 18.7. The van der Waals surface area contributed by atoms with Crippen LogP contribution < -0.4 is 0 Å². The molecule has 0 spiro atoms. The van der Waals surface area contributed by atoms with Gasteiger partial charge in [0.25, 0.3) is 0 Å². The van der Waals surface area contributed by atoms with Gasteiger partial charge in [0, 0.05) is 52.0 Å². The van der Waals surface area contributed by atoms with E-state index in [0.717, 1.165) is 5.56 Å². The van der Waals surface area contributed by atoms with Gasteiger partial charge in [-0.05, 0) is 29.5 Å². The van der Waals surface area contributed by atoms with Crippen molar-refractivity contribution in [2.24, 2.45) is 0 Å². The molecule has 1 aromatic carbocycles. The van der Waals surface area contributed by atoms with Crippen molar-refractivity contribution in [3.63, 3.8) is 0 Å². The third-order valence-electron chi connectivity index (χ3n) is 5.88. The summed E-state index contributed by atoms with van der Waals surface area (Å²) in [4.78, 5) is 38.9. The standard InChI is InChI=1S/C22H31N3O5S/c1-22(2,3)17-6-8-18(9-7-17)31(29,30)24-15-13-23(14-16-24)19(26)5-4-12-25-20(27)10-11-21(25)28/h6-9H,4-5,10-16H2,1-3H3. The van der Waals surface area contributed by atoms with Crippen LogP contribution in [0.15, 0.2) is 29.2 Å². The third-order valence-corrected chi connectivity index (χ3v) is 7.79. The number of hydrogen-bond donors (Lipinski definition) is 0. The molecule has 1 aromatic rings. The van der Waals surface area contributed by atoms with Crippen molar-refractivity contribution in [1.82, 2.24) is 14.1 Å². The van der Waals surface area contributed by atoms with Gasteiger partial charge in [0.05, 0.1) is 4.90 Å². The fourth-order valence-corrected chi connectivity index (χ4v) is 5.29. The number of rotatable bonds is 6. The predicted molar refractivity (Wildman–Crippen MR) is 116 cm³/mol. The monoisotopic (exact) mass is 449 g/mol. The quantitative estimate of drug-likeness (QED) is 0.617. The minimum Gasteiger partial charge on any atom is -0.340 e. The molecule has 0 radical (unpaired) electrons. The molecular weight excluding hydrogens is 418 g/mol. The summed E-state index contributed by atoms with van der Waals surface area (Å²) in [6, 6.07) is 6.99. The lowest BCUT2D eigenvalue weighted by atomic mass is 9.87. The molecule has 2 aliphatic heterocycles. The van der Waals surface area contributed by atoms with E-state index in [0.29, 0.717) is 19.5 Å². The SMILES string of the molecule is CC(C)(C)c1ccc(S(=O)(=O)N2CCN(C(=O)CCCN3C(=O)CCC3=O)CC2)cc1. The van der Waals surface area contributed by atoms with Crippen LogP contribution in [0.4, 0.5) is 0 Å². The summed E-state index contributed by atoms with van der Waals surface area (Å²) in [7, 11) is -3.60. The van der Waals surface area contributed by atoms with Gasteiger partial charge in [-0.15, -0.1) is 0 Å². The first-order valence-electron chi connectivity index (χ1n) is 10.7. The van der Waals surface area contributed by atoms with Crippen molar-refractivity contribution in [3.05, 3.63) is 29.8 Å². The lowest BCUT2D eigenvalue weighted by molar-refractivity contribution is -0.139. The Morgan fingerprint density at radius 2 is 1.48 bits per heavy atom. The Balaban J connectivity index is 1.50. The molecule has 0 atom stereocenters. The Hall–Kier alpha value is -2.26. The fraction of sp³-hybridized carbons (Fsp3) is 0.591. The summed E-state index contributed by atoms with van der Waals surface area (Å²) in [5.74, 6) is -0.427. The molecule has 0 aromatic heterocycles. The van der Waals surface area contributed by atoms with Crippen LogP contribution in [0, 0.1) is 0 Å². The molecule has 2 saturated heterocycles. The average Bonchev–Trinajstić information content (AvgIpc) is 3.05. The lowest BCUT2D eigenvalue weighted by Gasteiger charge is -2.34. The molecule has 0 bridgehead atoms. The van der Waals surface area contributed by atoms with Gasteiger partial charge in [-0.2, -0.15) is 4.31 Å². The summed E-state index contributed by atoms with van der Waals surface area (Å²) in [6.45, 7) is 7.66. The highest BCUT2D eigenvalue weighted by atomic mass is 32.2. The molecule has 31 heavy (non-hydrogen) atoms. The third kappa shape index (κ3) is 5.33. The van der Waals surface area contributed by atoms with E-state index in [1.54, 1.807) is 17.0 Å². The van der Waals surface area contributed by atoms with Crippen molar-refractivity contribution >= 4 is 27.7 Å². The van der Waals surface area contributed by atoms with E-state index in [1.807, 2.05) is 12.1 Å². The predicted octanol–water partition coefficient (Wildman–Crippen LogP) is 1.75.